The van der Waals surface area contributed by atoms with Gasteiger partial charge in [-0.15, -0.1) is 0 Å². The van der Waals surface area contributed by atoms with E-state index < -0.39 is 7.26 Å². The van der Waals surface area contributed by atoms with Crippen molar-refractivity contribution in [3.8, 4) is 0 Å². The number of ether oxygens (including phenoxy) is 1. The summed E-state index contributed by atoms with van der Waals surface area (Å²) >= 11 is 0. The van der Waals surface area contributed by atoms with Crippen LogP contribution in [-0.2, 0) is 9.53 Å². The van der Waals surface area contributed by atoms with E-state index in [1.54, 1.807) is 6.08 Å². The van der Waals surface area contributed by atoms with Gasteiger partial charge in [-0.05, 0) is 0 Å². The summed E-state index contributed by atoms with van der Waals surface area (Å²) in [5, 5.41) is 3.60. The summed E-state index contributed by atoms with van der Waals surface area (Å²) in [7, 11) is -2.79. The molecule has 1 fully saturated rings. The van der Waals surface area contributed by atoms with Gasteiger partial charge in [0.1, 0.15) is 0 Å². The molecule has 2 nitrogen and oxygen atoms in total. The Morgan fingerprint density at radius 3 is 1.60 bits per heavy atom. The third-order valence-corrected chi connectivity index (χ3v) is 10.7. The minimum atomic E-state index is -2.79. The van der Waals surface area contributed by atoms with Crippen LogP contribution in [0.2, 0.25) is 0 Å². The molecule has 0 radical (unpaired) electrons. The Labute approximate surface area is 178 Å². The fraction of sp³-hybridized carbons (Fsp3) is 0.0741. The van der Waals surface area contributed by atoms with Crippen LogP contribution in [0, 0.1) is 0 Å². The number of carbonyl (C=O) groups is 1. The van der Waals surface area contributed by atoms with E-state index in [9.17, 15) is 4.79 Å². The molecule has 0 saturated carbocycles. The Morgan fingerprint density at radius 2 is 1.23 bits per heavy atom. The number of benzene rings is 3. The summed E-state index contributed by atoms with van der Waals surface area (Å²) in [5.41, 5.74) is 1.53. The third-order valence-electron chi connectivity index (χ3n) is 5.71. The molecule has 0 spiro atoms. The topological polar surface area (TPSA) is 26.3 Å². The SMILES string of the molecule is C=C/C=C1\C(=C/C)C(=O)OC1[PH](c1ccccc1)(c1ccccc1)c1ccccc1. The molecule has 3 aromatic rings. The molecule has 4 rings (SSSR count). The zero-order valence-electron chi connectivity index (χ0n) is 17.0. The molecule has 0 bridgehead atoms. The standard InChI is InChI=1S/C27H25O2P/c1-3-14-25-24(4-2)26(28)29-27(25)30(21-15-8-5-9-16-21,22-17-10-6-11-18-22)23-19-12-7-13-20-23/h3-20,27,30H,1H2,2H3/b24-4+,25-14+. The van der Waals surface area contributed by atoms with Crippen molar-refractivity contribution in [1.29, 1.82) is 0 Å². The van der Waals surface area contributed by atoms with Gasteiger partial charge in [-0.3, -0.25) is 0 Å². The van der Waals surface area contributed by atoms with Crippen LogP contribution in [0.3, 0.4) is 0 Å². The van der Waals surface area contributed by atoms with E-state index in [1.165, 1.54) is 15.9 Å². The van der Waals surface area contributed by atoms with Crippen LogP contribution in [0.15, 0.2) is 127 Å². The monoisotopic (exact) mass is 412 g/mol. The van der Waals surface area contributed by atoms with Gasteiger partial charge in [-0.1, -0.05) is 0 Å². The van der Waals surface area contributed by atoms with E-state index in [1.807, 2.05) is 37.3 Å². The van der Waals surface area contributed by atoms with Crippen molar-refractivity contribution in [2.45, 2.75) is 12.8 Å². The van der Waals surface area contributed by atoms with E-state index >= 15 is 0 Å². The number of esters is 1. The molecule has 1 unspecified atom stereocenters. The molecule has 0 aromatic heterocycles. The van der Waals surface area contributed by atoms with Crippen LogP contribution in [-0.4, -0.2) is 11.8 Å². The predicted molar refractivity (Wildman–Crippen MR) is 128 cm³/mol. The van der Waals surface area contributed by atoms with Crippen molar-refractivity contribution in [2.24, 2.45) is 0 Å². The molecule has 0 aliphatic carbocycles. The van der Waals surface area contributed by atoms with Gasteiger partial charge in [0, 0.05) is 0 Å². The van der Waals surface area contributed by atoms with Crippen LogP contribution in [0.5, 0.6) is 0 Å². The van der Waals surface area contributed by atoms with Crippen LogP contribution in [0.25, 0.3) is 0 Å². The van der Waals surface area contributed by atoms with Gasteiger partial charge in [0.25, 0.3) is 0 Å². The van der Waals surface area contributed by atoms with Crippen LogP contribution in [0.1, 0.15) is 6.92 Å². The fourth-order valence-electron chi connectivity index (χ4n) is 4.46. The van der Waals surface area contributed by atoms with Crippen molar-refractivity contribution in [1.82, 2.24) is 0 Å². The molecule has 3 aromatic carbocycles. The normalized spacial score (nSPS) is 19.6. The molecule has 3 heteroatoms. The summed E-state index contributed by atoms with van der Waals surface area (Å²) in [6.45, 7) is 5.78. The molecule has 30 heavy (non-hydrogen) atoms. The molecular formula is C27H25O2P. The molecule has 1 saturated heterocycles. The van der Waals surface area contributed by atoms with Crippen molar-refractivity contribution in [3.63, 3.8) is 0 Å². The van der Waals surface area contributed by atoms with Gasteiger partial charge in [0.05, 0.1) is 0 Å². The fourth-order valence-corrected chi connectivity index (χ4v) is 9.53. The number of rotatable bonds is 5. The summed E-state index contributed by atoms with van der Waals surface area (Å²) in [6.07, 6.45) is 5.52. The van der Waals surface area contributed by atoms with Crippen LogP contribution >= 0.6 is 7.26 Å². The Morgan fingerprint density at radius 1 is 0.800 bits per heavy atom. The van der Waals surface area contributed by atoms with E-state index in [0.717, 1.165) is 5.57 Å². The second-order valence-corrected chi connectivity index (χ2v) is 11.1. The third kappa shape index (κ3) is 3.24. The maximum atomic E-state index is 12.9. The van der Waals surface area contributed by atoms with Crippen molar-refractivity contribution < 1.29 is 9.53 Å². The Hall–Kier alpha value is -3.22. The van der Waals surface area contributed by atoms with E-state index in [2.05, 4.69) is 79.4 Å². The average Bonchev–Trinajstić information content (AvgIpc) is 3.12. The van der Waals surface area contributed by atoms with Gasteiger partial charge < -0.3 is 0 Å². The van der Waals surface area contributed by atoms with E-state index in [4.69, 9.17) is 4.74 Å². The molecule has 0 N–H and O–H groups in total. The quantitative estimate of drug-likeness (QED) is 0.346. The molecule has 1 atom stereocenters. The van der Waals surface area contributed by atoms with Gasteiger partial charge in [0.15, 0.2) is 0 Å². The predicted octanol–water partition coefficient (Wildman–Crippen LogP) is 4.65. The van der Waals surface area contributed by atoms with Crippen molar-refractivity contribution >= 4 is 29.1 Å². The summed E-state index contributed by atoms with van der Waals surface area (Å²) in [6, 6.07) is 31.4. The summed E-state index contributed by atoms with van der Waals surface area (Å²) in [5.74, 6) is -0.656. The van der Waals surface area contributed by atoms with Gasteiger partial charge in [-0.2, -0.15) is 0 Å². The molecule has 150 valence electrons. The number of carbonyl (C=O) groups excluding carboxylic acids is 1. The Balaban J connectivity index is 2.12. The first-order valence-electron chi connectivity index (χ1n) is 10.1. The molecule has 1 aliphatic heterocycles. The number of hydrogen-bond acceptors (Lipinski definition) is 2. The summed E-state index contributed by atoms with van der Waals surface area (Å²) in [4.78, 5) is 12.9. The minimum absolute atomic E-state index is 0.268. The number of cyclic esters (lactones) is 1. The Bertz CT molecular complexity index is 1000. The molecule has 1 heterocycles. The zero-order chi connectivity index (χ0) is 21.0. The summed E-state index contributed by atoms with van der Waals surface area (Å²) < 4.78 is 6.20. The zero-order valence-corrected chi connectivity index (χ0v) is 18.0. The number of allylic oxidation sites excluding steroid dienone is 3. The molecular weight excluding hydrogens is 387 g/mol. The maximum absolute atomic E-state index is 12.9. The first-order valence-corrected chi connectivity index (χ1v) is 12.2. The van der Waals surface area contributed by atoms with Crippen LogP contribution in [0.4, 0.5) is 0 Å². The first kappa shape index (κ1) is 20.1. The Kier molecular flexibility index (Phi) is 5.79. The van der Waals surface area contributed by atoms with E-state index in [0.29, 0.717) is 5.57 Å². The van der Waals surface area contributed by atoms with Crippen molar-refractivity contribution in [3.05, 3.63) is 127 Å². The van der Waals surface area contributed by atoms with Crippen LogP contribution < -0.4 is 15.9 Å². The van der Waals surface area contributed by atoms with E-state index in [-0.39, 0.29) is 11.8 Å². The molecule has 0 amide bonds. The number of hydrogen-bond donors (Lipinski definition) is 0. The second-order valence-electron chi connectivity index (χ2n) is 7.25. The second kappa shape index (κ2) is 8.65. The average molecular weight is 412 g/mol. The molecule has 1 aliphatic rings. The van der Waals surface area contributed by atoms with Gasteiger partial charge >= 0.3 is 178 Å². The first-order chi connectivity index (χ1) is 14.7. The van der Waals surface area contributed by atoms with Crippen molar-refractivity contribution in [2.75, 3.05) is 0 Å². The van der Waals surface area contributed by atoms with Gasteiger partial charge in [0.2, 0.25) is 0 Å². The van der Waals surface area contributed by atoms with Gasteiger partial charge in [-0.25, -0.2) is 0 Å².